The first-order valence-electron chi connectivity index (χ1n) is 7.57. The van der Waals surface area contributed by atoms with E-state index in [2.05, 4.69) is 25.9 Å². The number of anilines is 1. The van der Waals surface area contributed by atoms with Crippen LogP contribution in [0.4, 0.5) is 19.4 Å². The van der Waals surface area contributed by atoms with E-state index >= 15 is 0 Å². The van der Waals surface area contributed by atoms with E-state index in [4.69, 9.17) is 4.74 Å². The summed E-state index contributed by atoms with van der Waals surface area (Å²) in [7, 11) is 0. The molecule has 134 valence electrons. The van der Waals surface area contributed by atoms with Crippen LogP contribution in [-0.2, 0) is 11.2 Å². The van der Waals surface area contributed by atoms with Crippen LogP contribution in [-0.4, -0.2) is 28.2 Å². The Bertz CT molecular complexity index is 746. The summed E-state index contributed by atoms with van der Waals surface area (Å²) in [5.74, 6) is -1.01. The zero-order valence-corrected chi connectivity index (χ0v) is 15.7. The fourth-order valence-electron chi connectivity index (χ4n) is 2.10. The fraction of sp³-hybridized carbons (Fsp3) is 0.353. The number of ether oxygens (including phenoxy) is 1. The van der Waals surface area contributed by atoms with E-state index < -0.39 is 23.3 Å². The Hall–Kier alpha value is -2.09. The highest BCUT2D eigenvalue weighted by Gasteiger charge is 2.25. The first-order valence-corrected chi connectivity index (χ1v) is 8.36. The molecule has 0 aliphatic heterocycles. The maximum absolute atomic E-state index is 13.3. The number of nitrogens with zero attached hydrogens (tertiary/aromatic N) is 3. The Kier molecular flexibility index (Phi) is 6.05. The van der Waals surface area contributed by atoms with Crippen molar-refractivity contribution >= 4 is 27.8 Å². The van der Waals surface area contributed by atoms with Crippen LogP contribution in [0.1, 0.15) is 26.3 Å². The van der Waals surface area contributed by atoms with Gasteiger partial charge in [-0.05, 0) is 60.8 Å². The highest BCUT2D eigenvalue weighted by atomic mass is 79.9. The second-order valence-corrected chi connectivity index (χ2v) is 7.21. The number of carbonyl (C=O) groups excluding carboxylic acids is 1. The van der Waals surface area contributed by atoms with Crippen molar-refractivity contribution in [3.63, 3.8) is 0 Å². The van der Waals surface area contributed by atoms with Crippen molar-refractivity contribution in [1.82, 2.24) is 9.97 Å². The minimum absolute atomic E-state index is 0.132. The van der Waals surface area contributed by atoms with Crippen LogP contribution >= 0.6 is 15.9 Å². The summed E-state index contributed by atoms with van der Waals surface area (Å²) < 4.78 is 32.6. The highest BCUT2D eigenvalue weighted by molar-refractivity contribution is 9.10. The summed E-state index contributed by atoms with van der Waals surface area (Å²) in [6.07, 6.45) is 2.43. The van der Waals surface area contributed by atoms with Gasteiger partial charge in [0.25, 0.3) is 0 Å². The van der Waals surface area contributed by atoms with Crippen molar-refractivity contribution in [1.29, 1.82) is 0 Å². The van der Waals surface area contributed by atoms with Crippen molar-refractivity contribution in [2.24, 2.45) is 0 Å². The maximum atomic E-state index is 13.3. The van der Waals surface area contributed by atoms with Gasteiger partial charge in [0.15, 0.2) is 5.82 Å². The van der Waals surface area contributed by atoms with Gasteiger partial charge in [-0.3, -0.25) is 4.90 Å². The van der Waals surface area contributed by atoms with E-state index in [0.717, 1.165) is 6.07 Å². The molecule has 1 heterocycles. The lowest BCUT2D eigenvalue weighted by atomic mass is 10.1. The van der Waals surface area contributed by atoms with Gasteiger partial charge >= 0.3 is 6.09 Å². The highest BCUT2D eigenvalue weighted by Crippen LogP contribution is 2.24. The Morgan fingerprint density at radius 3 is 2.44 bits per heavy atom. The molecule has 8 heteroatoms. The van der Waals surface area contributed by atoms with Gasteiger partial charge in [0, 0.05) is 18.8 Å². The molecule has 0 radical (unpaired) electrons. The molecule has 1 aromatic heterocycles. The molecule has 0 aliphatic rings. The number of benzene rings is 1. The molecule has 0 bridgehead atoms. The van der Waals surface area contributed by atoms with Gasteiger partial charge in [-0.2, -0.15) is 0 Å². The van der Waals surface area contributed by atoms with E-state index in [1.807, 2.05) is 0 Å². The number of hydrogen-bond acceptors (Lipinski definition) is 4. The lowest BCUT2D eigenvalue weighted by molar-refractivity contribution is 0.0579. The Morgan fingerprint density at radius 1 is 1.24 bits per heavy atom. The van der Waals surface area contributed by atoms with Gasteiger partial charge in [-0.1, -0.05) is 0 Å². The average molecular weight is 414 g/mol. The average Bonchev–Trinajstić information content (AvgIpc) is 2.46. The third kappa shape index (κ3) is 5.74. The second-order valence-electron chi connectivity index (χ2n) is 6.35. The molecule has 5 nitrogen and oxygen atoms in total. The molecule has 0 spiro atoms. The van der Waals surface area contributed by atoms with E-state index in [1.54, 1.807) is 20.8 Å². The van der Waals surface area contributed by atoms with Gasteiger partial charge in [-0.25, -0.2) is 23.5 Å². The van der Waals surface area contributed by atoms with Crippen LogP contribution in [0.25, 0.3) is 0 Å². The number of amides is 1. The van der Waals surface area contributed by atoms with Crippen molar-refractivity contribution in [2.45, 2.75) is 32.8 Å². The molecule has 1 amide bonds. The summed E-state index contributed by atoms with van der Waals surface area (Å²) >= 11 is 3.30. The Balaban J connectivity index is 2.25. The molecule has 1 aromatic carbocycles. The molecule has 25 heavy (non-hydrogen) atoms. The molecular formula is C17H18BrF2N3O2. The van der Waals surface area contributed by atoms with Gasteiger partial charge in [-0.15, -0.1) is 0 Å². The first kappa shape index (κ1) is 19.2. The molecular weight excluding hydrogens is 396 g/mol. The van der Waals surface area contributed by atoms with Gasteiger partial charge in [0.05, 0.1) is 4.47 Å². The summed E-state index contributed by atoms with van der Waals surface area (Å²) in [4.78, 5) is 21.8. The minimum Gasteiger partial charge on any atom is -0.443 e. The summed E-state index contributed by atoms with van der Waals surface area (Å²) in [5.41, 5.74) is -0.268. The quantitative estimate of drug-likeness (QED) is 0.740. The van der Waals surface area contributed by atoms with E-state index in [0.29, 0.717) is 15.9 Å². The molecule has 0 N–H and O–H groups in total. The Morgan fingerprint density at radius 2 is 1.88 bits per heavy atom. The van der Waals surface area contributed by atoms with Gasteiger partial charge in [0.2, 0.25) is 0 Å². The van der Waals surface area contributed by atoms with E-state index in [9.17, 15) is 13.6 Å². The zero-order chi connectivity index (χ0) is 18.6. The van der Waals surface area contributed by atoms with Crippen LogP contribution in [0.15, 0.2) is 35.2 Å². The van der Waals surface area contributed by atoms with Gasteiger partial charge in [0.1, 0.15) is 23.6 Å². The van der Waals surface area contributed by atoms with E-state index in [-0.39, 0.29) is 13.0 Å². The number of aromatic nitrogens is 2. The largest absolute Gasteiger partial charge is 0.443 e. The molecule has 0 atom stereocenters. The second kappa shape index (κ2) is 7.86. The number of hydrogen-bond donors (Lipinski definition) is 0. The molecule has 0 saturated carbocycles. The maximum Gasteiger partial charge on any atom is 0.416 e. The van der Waals surface area contributed by atoms with Crippen LogP contribution in [0, 0.1) is 11.6 Å². The summed E-state index contributed by atoms with van der Waals surface area (Å²) in [5, 5.41) is 0. The standard InChI is InChI=1S/C17H18BrF2N3O2/c1-17(2,3)25-16(24)23(15-14(18)9-21-10-22-15)5-4-11-6-12(19)8-13(20)7-11/h6-10H,4-5H2,1-3H3. The smallest absolute Gasteiger partial charge is 0.416 e. The monoisotopic (exact) mass is 413 g/mol. The third-order valence-corrected chi connectivity index (χ3v) is 3.62. The predicted octanol–water partition coefficient (Wildman–Crippen LogP) is 4.50. The molecule has 2 aromatic rings. The summed E-state index contributed by atoms with van der Waals surface area (Å²) in [6, 6.07) is 3.26. The van der Waals surface area contributed by atoms with Crippen LogP contribution in [0.2, 0.25) is 0 Å². The number of halogens is 3. The topological polar surface area (TPSA) is 55.3 Å². The van der Waals surface area contributed by atoms with E-state index in [1.165, 1.54) is 29.6 Å². The molecule has 2 rings (SSSR count). The minimum atomic E-state index is -0.695. The lowest BCUT2D eigenvalue weighted by Crippen LogP contribution is -2.38. The normalized spacial score (nSPS) is 11.3. The number of rotatable bonds is 4. The molecule has 0 saturated heterocycles. The van der Waals surface area contributed by atoms with Crippen molar-refractivity contribution in [2.75, 3.05) is 11.4 Å². The third-order valence-electron chi connectivity index (χ3n) is 3.06. The SMILES string of the molecule is CC(C)(C)OC(=O)N(CCc1cc(F)cc(F)c1)c1ncncc1Br. The first-order chi connectivity index (χ1) is 11.7. The van der Waals surface area contributed by atoms with Crippen molar-refractivity contribution in [3.05, 3.63) is 52.4 Å². The van der Waals surface area contributed by atoms with Crippen molar-refractivity contribution < 1.29 is 18.3 Å². The summed E-state index contributed by atoms with van der Waals surface area (Å²) in [6.45, 7) is 5.38. The fourth-order valence-corrected chi connectivity index (χ4v) is 2.54. The van der Waals surface area contributed by atoms with Crippen LogP contribution < -0.4 is 4.90 Å². The van der Waals surface area contributed by atoms with Gasteiger partial charge < -0.3 is 4.74 Å². The zero-order valence-electron chi connectivity index (χ0n) is 14.1. The molecule has 0 unspecified atom stereocenters. The van der Waals surface area contributed by atoms with Crippen molar-refractivity contribution in [3.8, 4) is 0 Å². The lowest BCUT2D eigenvalue weighted by Gasteiger charge is -2.27. The number of carbonyl (C=O) groups is 1. The molecule has 0 aliphatic carbocycles. The Labute approximate surface area is 153 Å². The predicted molar refractivity (Wildman–Crippen MR) is 93.4 cm³/mol. The molecule has 0 fully saturated rings. The van der Waals surface area contributed by atoms with Crippen LogP contribution in [0.5, 0.6) is 0 Å². The van der Waals surface area contributed by atoms with Crippen LogP contribution in [0.3, 0.4) is 0 Å².